The van der Waals surface area contributed by atoms with E-state index in [1.54, 1.807) is 11.1 Å². The summed E-state index contributed by atoms with van der Waals surface area (Å²) in [5, 5.41) is 9.73. The van der Waals surface area contributed by atoms with Crippen LogP contribution < -0.4 is 0 Å². The fourth-order valence-corrected chi connectivity index (χ4v) is 14.2. The number of fused-ring (bicyclic) bond motifs is 6. The molecule has 0 saturated heterocycles. The van der Waals surface area contributed by atoms with Crippen molar-refractivity contribution in [1.82, 2.24) is 15.0 Å². The molecule has 4 nitrogen and oxygen atoms in total. The lowest BCUT2D eigenvalue weighted by Gasteiger charge is -2.61. The van der Waals surface area contributed by atoms with E-state index in [2.05, 4.69) is 159 Å². The van der Waals surface area contributed by atoms with Gasteiger partial charge in [-0.3, -0.25) is 0 Å². The predicted octanol–water partition coefficient (Wildman–Crippen LogP) is 15.8. The average molecular weight is 887 g/mol. The molecule has 4 fully saturated rings. The fourth-order valence-electron chi connectivity index (χ4n) is 14.2. The third-order valence-corrected chi connectivity index (χ3v) is 17.1. The van der Waals surface area contributed by atoms with Crippen LogP contribution in [-0.4, -0.2) is 15.0 Å². The highest BCUT2D eigenvalue weighted by molar-refractivity contribution is 5.90. The van der Waals surface area contributed by atoms with E-state index in [1.807, 2.05) is 42.5 Å². The second-order valence-corrected chi connectivity index (χ2v) is 21.2. The Bertz CT molecular complexity index is 3530. The molecule has 1 aromatic heterocycles. The van der Waals surface area contributed by atoms with E-state index in [4.69, 9.17) is 15.0 Å². The molecule has 9 aromatic rings. The number of benzene rings is 8. The number of nitrogens with zero attached hydrogens (tertiary/aromatic N) is 4. The zero-order chi connectivity index (χ0) is 46.0. The van der Waals surface area contributed by atoms with Crippen LogP contribution in [-0.2, 0) is 10.8 Å². The highest BCUT2D eigenvalue weighted by atomic mass is 15.0. The summed E-state index contributed by atoms with van der Waals surface area (Å²) in [6, 6.07) is 68.7. The Morgan fingerprint density at radius 3 is 1.39 bits per heavy atom. The Kier molecular flexibility index (Phi) is 8.85. The van der Waals surface area contributed by atoms with Gasteiger partial charge in [0.2, 0.25) is 0 Å². The number of hydrogen-bond donors (Lipinski definition) is 0. The van der Waals surface area contributed by atoms with Crippen molar-refractivity contribution in [3.05, 3.63) is 210 Å². The summed E-state index contributed by atoms with van der Waals surface area (Å²) >= 11 is 0. The molecule has 0 atom stereocenters. The first kappa shape index (κ1) is 40.3. The van der Waals surface area contributed by atoms with Crippen LogP contribution in [0.1, 0.15) is 73.8 Å². The zero-order valence-electron chi connectivity index (χ0n) is 39.0. The van der Waals surface area contributed by atoms with Crippen LogP contribution >= 0.6 is 0 Å². The highest BCUT2D eigenvalue weighted by Crippen LogP contribution is 2.70. The van der Waals surface area contributed by atoms with Crippen molar-refractivity contribution in [3.8, 4) is 95.9 Å². The Morgan fingerprint density at radius 1 is 0.377 bits per heavy atom. The van der Waals surface area contributed by atoms with E-state index in [0.29, 0.717) is 29.3 Å². The van der Waals surface area contributed by atoms with Crippen LogP contribution in [0, 0.1) is 35.0 Å². The maximum atomic E-state index is 9.73. The van der Waals surface area contributed by atoms with Gasteiger partial charge in [-0.25, -0.2) is 15.0 Å². The molecule has 4 saturated carbocycles. The van der Waals surface area contributed by atoms with Gasteiger partial charge in [-0.15, -0.1) is 0 Å². The van der Waals surface area contributed by atoms with E-state index in [0.717, 1.165) is 39.7 Å². The first-order chi connectivity index (χ1) is 33.8. The Hall–Kier alpha value is -7.74. The molecule has 15 rings (SSSR count). The summed E-state index contributed by atoms with van der Waals surface area (Å²) in [6.07, 6.45) is 6.82. The summed E-state index contributed by atoms with van der Waals surface area (Å²) in [7, 11) is 0. The lowest BCUT2D eigenvalue weighted by atomic mass is 9.43. The molecule has 1 heterocycles. The minimum Gasteiger partial charge on any atom is -0.208 e. The van der Waals surface area contributed by atoms with Crippen LogP contribution in [0.3, 0.4) is 0 Å². The molecule has 0 aliphatic heterocycles. The van der Waals surface area contributed by atoms with Gasteiger partial charge in [-0.2, -0.15) is 5.26 Å². The molecule has 4 heteroatoms. The van der Waals surface area contributed by atoms with Gasteiger partial charge in [0.05, 0.1) is 11.6 Å². The van der Waals surface area contributed by atoms with Crippen molar-refractivity contribution in [2.24, 2.45) is 23.7 Å². The Morgan fingerprint density at radius 2 is 0.812 bits per heavy atom. The van der Waals surface area contributed by atoms with Crippen LogP contribution in [0.25, 0.3) is 89.8 Å². The van der Waals surface area contributed by atoms with Crippen LogP contribution in [0.5, 0.6) is 0 Å². The summed E-state index contributed by atoms with van der Waals surface area (Å²) in [5.74, 6) is 5.06. The van der Waals surface area contributed by atoms with E-state index in [1.165, 1.54) is 93.3 Å². The van der Waals surface area contributed by atoms with Gasteiger partial charge < -0.3 is 0 Å². The molecule has 4 bridgehead atoms. The number of rotatable bonds is 6. The van der Waals surface area contributed by atoms with Crippen LogP contribution in [0.2, 0.25) is 0 Å². The maximum absolute atomic E-state index is 9.73. The van der Waals surface area contributed by atoms with E-state index < -0.39 is 0 Å². The molecule has 6 aliphatic carbocycles. The van der Waals surface area contributed by atoms with Crippen molar-refractivity contribution >= 4 is 0 Å². The van der Waals surface area contributed by atoms with Gasteiger partial charge in [-0.1, -0.05) is 153 Å². The first-order valence-electron chi connectivity index (χ1n) is 24.9. The van der Waals surface area contributed by atoms with Crippen molar-refractivity contribution in [2.45, 2.75) is 56.8 Å². The van der Waals surface area contributed by atoms with Gasteiger partial charge in [0, 0.05) is 27.5 Å². The van der Waals surface area contributed by atoms with Crippen LogP contribution in [0.15, 0.2) is 182 Å². The average Bonchev–Trinajstić information content (AvgIpc) is 3.81. The Balaban J connectivity index is 0.848. The minimum absolute atomic E-state index is 0.0420. The van der Waals surface area contributed by atoms with Gasteiger partial charge in [0.15, 0.2) is 17.5 Å². The topological polar surface area (TPSA) is 62.5 Å². The van der Waals surface area contributed by atoms with Gasteiger partial charge >= 0.3 is 0 Å². The number of aromatic nitrogens is 3. The largest absolute Gasteiger partial charge is 0.208 e. The third-order valence-electron chi connectivity index (χ3n) is 17.1. The number of nitriles is 1. The van der Waals surface area contributed by atoms with Crippen molar-refractivity contribution in [1.29, 1.82) is 5.26 Å². The van der Waals surface area contributed by atoms with Crippen LogP contribution in [0.4, 0.5) is 0 Å². The molecule has 8 aromatic carbocycles. The summed E-state index contributed by atoms with van der Waals surface area (Å²) in [6.45, 7) is 4.62. The summed E-state index contributed by atoms with van der Waals surface area (Å²) in [4.78, 5) is 15.0. The molecule has 0 amide bonds. The lowest BCUT2D eigenvalue weighted by molar-refractivity contribution is -0.0399. The Labute approximate surface area is 404 Å². The van der Waals surface area contributed by atoms with E-state index in [9.17, 15) is 5.26 Å². The molecule has 330 valence electrons. The first-order valence-corrected chi connectivity index (χ1v) is 24.9. The second-order valence-electron chi connectivity index (χ2n) is 21.2. The standard InChI is InChI=1S/C65H50N4/c1-64(2)58-32-39(38-66)19-23-53(58)54-24-20-48(36-59(54)64)47-22-26-57-56(35-47)55-25-21-49(37-60(55)65(57)51-28-40-27-41(30-51)31-52(65)29-40)45-16-9-15-44(33-45)46-17-10-18-50(34-46)63-68-61(42-11-5-3-6-12-42)67-62(69-63)43-13-7-4-8-14-43/h3-26,32-37,40-41,51-52H,27-31H2,1-2H3. The second kappa shape index (κ2) is 15.1. The van der Waals surface area contributed by atoms with Crippen molar-refractivity contribution in [3.63, 3.8) is 0 Å². The monoisotopic (exact) mass is 886 g/mol. The van der Waals surface area contributed by atoms with Gasteiger partial charge in [0.1, 0.15) is 0 Å². The molecule has 6 aliphatic rings. The van der Waals surface area contributed by atoms with Gasteiger partial charge in [-0.05, 0) is 176 Å². The SMILES string of the molecule is CC1(C)c2cc(C#N)ccc2-c2ccc(-c3ccc4c(c3)-c3ccc(-c5cccc(-c6cccc(-c7nc(-c8ccccc8)nc(-c8ccccc8)n7)c6)c5)cc3C43C4CC5CC(C4)CC3C5)cc21. The molecule has 1 spiro atoms. The zero-order valence-corrected chi connectivity index (χ0v) is 39.0. The highest BCUT2D eigenvalue weighted by Gasteiger charge is 2.61. The molecular weight excluding hydrogens is 837 g/mol. The van der Waals surface area contributed by atoms with E-state index >= 15 is 0 Å². The maximum Gasteiger partial charge on any atom is 0.164 e. The molecular formula is C65H50N4. The lowest BCUT2D eigenvalue weighted by Crippen LogP contribution is -2.55. The normalized spacial score (nSPS) is 21.6. The molecule has 0 unspecified atom stereocenters. The third kappa shape index (κ3) is 6.16. The summed E-state index contributed by atoms with van der Waals surface area (Å²) in [5.41, 5.74) is 21.9. The quantitative estimate of drug-likeness (QED) is 0.167. The minimum atomic E-state index is -0.189. The smallest absolute Gasteiger partial charge is 0.164 e. The van der Waals surface area contributed by atoms with Crippen molar-refractivity contribution in [2.75, 3.05) is 0 Å². The molecule has 0 radical (unpaired) electrons. The van der Waals surface area contributed by atoms with Gasteiger partial charge in [0.25, 0.3) is 0 Å². The van der Waals surface area contributed by atoms with Crippen molar-refractivity contribution < 1.29 is 0 Å². The predicted molar refractivity (Wildman–Crippen MR) is 278 cm³/mol. The fraction of sp³-hybridized carbons (Fsp3) is 0.200. The molecule has 69 heavy (non-hydrogen) atoms. The summed E-state index contributed by atoms with van der Waals surface area (Å²) < 4.78 is 0. The van der Waals surface area contributed by atoms with E-state index in [-0.39, 0.29) is 10.8 Å². The number of hydrogen-bond acceptors (Lipinski definition) is 4. The molecule has 0 N–H and O–H groups in total.